The molecule has 2 aromatic rings. The van der Waals surface area contributed by atoms with E-state index in [1.54, 1.807) is 12.1 Å². The van der Waals surface area contributed by atoms with Crippen molar-refractivity contribution in [1.82, 2.24) is 0 Å². The second-order valence-electron chi connectivity index (χ2n) is 10.7. The van der Waals surface area contributed by atoms with Crippen LogP contribution in [0.1, 0.15) is 138 Å². The molecule has 0 amide bonds. The van der Waals surface area contributed by atoms with Gasteiger partial charge in [-0.1, -0.05) is 95.8 Å². The summed E-state index contributed by atoms with van der Waals surface area (Å²) in [4.78, 5) is 0. The van der Waals surface area contributed by atoms with Gasteiger partial charge in [0, 0.05) is 0 Å². The van der Waals surface area contributed by atoms with Crippen molar-refractivity contribution in [2.75, 3.05) is 0 Å². The average molecular weight is 465 g/mol. The zero-order valence-corrected chi connectivity index (χ0v) is 21.6. The van der Waals surface area contributed by atoms with Gasteiger partial charge >= 0.3 is 0 Å². The summed E-state index contributed by atoms with van der Waals surface area (Å²) in [7, 11) is 0. The average Bonchev–Trinajstić information content (AvgIpc) is 2.88. The lowest BCUT2D eigenvalue weighted by atomic mass is 9.80. The monoisotopic (exact) mass is 464 g/mol. The molecule has 188 valence electrons. The number of aryl methyl sites for hydroxylation is 1. The van der Waals surface area contributed by atoms with E-state index < -0.39 is 0 Å². The van der Waals surface area contributed by atoms with Gasteiger partial charge in [0.15, 0.2) is 0 Å². The zero-order chi connectivity index (χ0) is 24.0. The first kappa shape index (κ1) is 26.6. The van der Waals surface area contributed by atoms with Crippen molar-refractivity contribution < 1.29 is 10.2 Å². The molecule has 4 rings (SSSR count). The van der Waals surface area contributed by atoms with Crippen molar-refractivity contribution in [2.45, 2.75) is 128 Å². The standard InChI is InChI=1S/C18H26O.C14H22O/c19-18-12-16(14-7-3-1-4-8-14)11-17(13-18)15-9-5-2-6-10-15;1-2-3-4-5-6-7-8-13-9-11-14(15)12-10-13/h11-15,19H,1-10H2;9-12,15H,2-8H2,1H3. The van der Waals surface area contributed by atoms with Crippen LogP contribution in [0.25, 0.3) is 0 Å². The van der Waals surface area contributed by atoms with E-state index in [2.05, 4.69) is 13.0 Å². The number of phenolic OH excluding ortho intramolecular Hbond substituents is 2. The molecule has 0 atom stereocenters. The number of hydrogen-bond donors (Lipinski definition) is 2. The Morgan fingerprint density at radius 1 is 0.588 bits per heavy atom. The van der Waals surface area contributed by atoms with Crippen molar-refractivity contribution in [3.05, 3.63) is 59.2 Å². The summed E-state index contributed by atoms with van der Waals surface area (Å²) in [5, 5.41) is 19.2. The lowest BCUT2D eigenvalue weighted by molar-refractivity contribution is 0.427. The highest BCUT2D eigenvalue weighted by atomic mass is 16.3. The first-order valence-corrected chi connectivity index (χ1v) is 14.3. The Kier molecular flexibility index (Phi) is 11.8. The van der Waals surface area contributed by atoms with E-state index in [1.807, 2.05) is 24.3 Å². The highest BCUT2D eigenvalue weighted by molar-refractivity contribution is 5.37. The van der Waals surface area contributed by atoms with E-state index >= 15 is 0 Å². The predicted octanol–water partition coefficient (Wildman–Crippen LogP) is 9.78. The van der Waals surface area contributed by atoms with Gasteiger partial charge in [-0.15, -0.1) is 0 Å². The second kappa shape index (κ2) is 15.1. The minimum atomic E-state index is 0.363. The highest BCUT2D eigenvalue weighted by Crippen LogP contribution is 2.39. The molecule has 0 unspecified atom stereocenters. The molecule has 0 heterocycles. The molecule has 2 N–H and O–H groups in total. The number of phenols is 2. The van der Waals surface area contributed by atoms with E-state index in [0.29, 0.717) is 23.3 Å². The van der Waals surface area contributed by atoms with E-state index in [0.717, 1.165) is 6.42 Å². The molecule has 0 radical (unpaired) electrons. The minimum absolute atomic E-state index is 0.363. The Morgan fingerprint density at radius 3 is 1.62 bits per heavy atom. The van der Waals surface area contributed by atoms with Gasteiger partial charge in [-0.25, -0.2) is 0 Å². The molecule has 2 nitrogen and oxygen atoms in total. The second-order valence-corrected chi connectivity index (χ2v) is 10.7. The fraction of sp³-hybridized carbons (Fsp3) is 0.625. The van der Waals surface area contributed by atoms with E-state index in [1.165, 1.54) is 119 Å². The number of unbranched alkanes of at least 4 members (excludes halogenated alkanes) is 5. The Bertz CT molecular complexity index is 762. The zero-order valence-electron chi connectivity index (χ0n) is 21.6. The first-order valence-electron chi connectivity index (χ1n) is 14.3. The molecular formula is C32H48O2. The Hall–Kier alpha value is -1.96. The van der Waals surface area contributed by atoms with Crippen molar-refractivity contribution in [2.24, 2.45) is 0 Å². The SMILES string of the molecule is CCCCCCCCc1ccc(O)cc1.Oc1cc(C2CCCCC2)cc(C2CCCCC2)c1. The predicted molar refractivity (Wildman–Crippen MR) is 145 cm³/mol. The quantitative estimate of drug-likeness (QED) is 0.362. The summed E-state index contributed by atoms with van der Waals surface area (Å²) in [5.41, 5.74) is 4.14. The fourth-order valence-corrected chi connectivity index (χ4v) is 5.77. The van der Waals surface area contributed by atoms with Crippen LogP contribution in [0.4, 0.5) is 0 Å². The van der Waals surface area contributed by atoms with Crippen molar-refractivity contribution >= 4 is 0 Å². The molecule has 2 fully saturated rings. The van der Waals surface area contributed by atoms with Crippen LogP contribution in [-0.2, 0) is 6.42 Å². The summed E-state index contributed by atoms with van der Waals surface area (Å²) in [6, 6.07) is 14.0. The maximum absolute atomic E-state index is 10.1. The molecule has 2 heteroatoms. The molecule has 2 saturated carbocycles. The fourth-order valence-electron chi connectivity index (χ4n) is 5.77. The summed E-state index contributed by atoms with van der Waals surface area (Å²) >= 11 is 0. The normalized spacial score (nSPS) is 17.2. The number of benzene rings is 2. The van der Waals surface area contributed by atoms with Gasteiger partial charge in [-0.2, -0.15) is 0 Å². The molecule has 0 bridgehead atoms. The van der Waals surface area contributed by atoms with Gasteiger partial charge in [-0.3, -0.25) is 0 Å². The Balaban J connectivity index is 0.000000197. The van der Waals surface area contributed by atoms with Gasteiger partial charge in [0.1, 0.15) is 11.5 Å². The van der Waals surface area contributed by atoms with Gasteiger partial charge in [-0.05, 0) is 91.3 Å². The number of aromatic hydroxyl groups is 2. The molecule has 0 saturated heterocycles. The largest absolute Gasteiger partial charge is 0.508 e. The van der Waals surface area contributed by atoms with E-state index in [9.17, 15) is 5.11 Å². The van der Waals surface area contributed by atoms with Crippen LogP contribution in [0.3, 0.4) is 0 Å². The molecule has 2 aliphatic rings. The van der Waals surface area contributed by atoms with E-state index in [4.69, 9.17) is 5.11 Å². The Morgan fingerprint density at radius 2 is 1.09 bits per heavy atom. The van der Waals surface area contributed by atoms with Gasteiger partial charge in [0.2, 0.25) is 0 Å². The summed E-state index contributed by atoms with van der Waals surface area (Å²) in [5.74, 6) is 2.25. The third-order valence-electron chi connectivity index (χ3n) is 7.87. The van der Waals surface area contributed by atoms with Crippen LogP contribution in [0.15, 0.2) is 42.5 Å². The highest BCUT2D eigenvalue weighted by Gasteiger charge is 2.20. The van der Waals surface area contributed by atoms with Gasteiger partial charge < -0.3 is 10.2 Å². The molecule has 2 aromatic carbocycles. The van der Waals surface area contributed by atoms with Crippen molar-refractivity contribution in [3.8, 4) is 11.5 Å². The van der Waals surface area contributed by atoms with Crippen LogP contribution in [0.5, 0.6) is 11.5 Å². The lowest BCUT2D eigenvalue weighted by Crippen LogP contribution is -2.08. The van der Waals surface area contributed by atoms with Crippen molar-refractivity contribution in [3.63, 3.8) is 0 Å². The Labute approximate surface area is 208 Å². The first-order chi connectivity index (χ1) is 16.7. The van der Waals surface area contributed by atoms with Crippen LogP contribution in [-0.4, -0.2) is 10.2 Å². The van der Waals surface area contributed by atoms with Crippen LogP contribution in [0, 0.1) is 0 Å². The summed E-state index contributed by atoms with van der Waals surface area (Å²) in [6.07, 6.45) is 22.7. The third kappa shape index (κ3) is 9.35. The van der Waals surface area contributed by atoms with Gasteiger partial charge in [0.05, 0.1) is 0 Å². The van der Waals surface area contributed by atoms with Crippen LogP contribution in [0.2, 0.25) is 0 Å². The van der Waals surface area contributed by atoms with E-state index in [-0.39, 0.29) is 0 Å². The summed E-state index contributed by atoms with van der Waals surface area (Å²) in [6.45, 7) is 2.25. The number of hydrogen-bond acceptors (Lipinski definition) is 2. The molecule has 34 heavy (non-hydrogen) atoms. The molecule has 0 aliphatic heterocycles. The molecule has 0 spiro atoms. The summed E-state index contributed by atoms with van der Waals surface area (Å²) < 4.78 is 0. The molecular weight excluding hydrogens is 416 g/mol. The molecule has 2 aliphatic carbocycles. The van der Waals surface area contributed by atoms with Crippen molar-refractivity contribution in [1.29, 1.82) is 0 Å². The lowest BCUT2D eigenvalue weighted by Gasteiger charge is -2.26. The topological polar surface area (TPSA) is 40.5 Å². The molecule has 0 aromatic heterocycles. The minimum Gasteiger partial charge on any atom is -0.508 e. The van der Waals surface area contributed by atoms with Gasteiger partial charge in [0.25, 0.3) is 0 Å². The van der Waals surface area contributed by atoms with Crippen LogP contribution >= 0.6 is 0 Å². The maximum atomic E-state index is 10.1. The third-order valence-corrected chi connectivity index (χ3v) is 7.87. The maximum Gasteiger partial charge on any atom is 0.116 e. The smallest absolute Gasteiger partial charge is 0.116 e. The van der Waals surface area contributed by atoms with Crippen LogP contribution < -0.4 is 0 Å². The number of rotatable bonds is 9.